The molecule has 0 spiro atoms. The molecule has 0 aliphatic rings. The second-order valence-electron chi connectivity index (χ2n) is 3.65. The van der Waals surface area contributed by atoms with Crippen LogP contribution in [0.15, 0.2) is 21.8 Å². The third-order valence-corrected chi connectivity index (χ3v) is 4.46. The molecule has 0 aliphatic carbocycles. The third-order valence-electron chi connectivity index (χ3n) is 2.11. The lowest BCUT2D eigenvalue weighted by Crippen LogP contribution is -2.41. The first-order chi connectivity index (χ1) is 8.41. The van der Waals surface area contributed by atoms with Gasteiger partial charge in [-0.2, -0.15) is 0 Å². The summed E-state index contributed by atoms with van der Waals surface area (Å²) < 4.78 is 0.849. The van der Waals surface area contributed by atoms with Gasteiger partial charge in [0.1, 0.15) is 11.1 Å². The summed E-state index contributed by atoms with van der Waals surface area (Å²) in [6, 6.07) is 0.943. The molecule has 1 rings (SSSR count). The summed E-state index contributed by atoms with van der Waals surface area (Å²) in [4.78, 5) is 26.0. The Labute approximate surface area is 117 Å². The lowest BCUT2D eigenvalue weighted by Gasteiger charge is -2.13. The normalized spacial score (nSPS) is 11.9. The summed E-state index contributed by atoms with van der Waals surface area (Å²) in [5, 5.41) is 12.1. The number of aryl methyl sites for hydroxylation is 1. The van der Waals surface area contributed by atoms with Gasteiger partial charge in [0.2, 0.25) is 5.91 Å². The highest BCUT2D eigenvalue weighted by Crippen LogP contribution is 2.28. The minimum absolute atomic E-state index is 0.226. The number of amides is 1. The first-order valence-corrected chi connectivity index (χ1v) is 6.93. The molecule has 0 saturated carbocycles. The van der Waals surface area contributed by atoms with Gasteiger partial charge in [0.15, 0.2) is 0 Å². The van der Waals surface area contributed by atoms with E-state index < -0.39 is 12.0 Å². The SMILES string of the molecule is CC(=O)NC(CSc1nccc(C)c1Br)C(=O)O. The number of nitrogens with one attached hydrogen (secondary N) is 1. The van der Waals surface area contributed by atoms with E-state index in [0.717, 1.165) is 10.0 Å². The van der Waals surface area contributed by atoms with Crippen LogP contribution >= 0.6 is 27.7 Å². The quantitative estimate of drug-likeness (QED) is 0.804. The second-order valence-corrected chi connectivity index (χ2v) is 5.45. The predicted octanol–water partition coefficient (Wildman–Crippen LogP) is 1.83. The molecular weight excluding hydrogens is 320 g/mol. The number of pyridine rings is 1. The smallest absolute Gasteiger partial charge is 0.327 e. The van der Waals surface area contributed by atoms with Crippen molar-refractivity contribution in [1.82, 2.24) is 10.3 Å². The monoisotopic (exact) mass is 332 g/mol. The van der Waals surface area contributed by atoms with Crippen molar-refractivity contribution < 1.29 is 14.7 Å². The van der Waals surface area contributed by atoms with E-state index in [4.69, 9.17) is 5.11 Å². The Balaban J connectivity index is 2.70. The molecule has 1 unspecified atom stereocenters. The first kappa shape index (κ1) is 15.0. The summed E-state index contributed by atoms with van der Waals surface area (Å²) in [6.07, 6.45) is 1.66. The van der Waals surface area contributed by atoms with E-state index in [1.165, 1.54) is 18.7 Å². The Morgan fingerprint density at radius 2 is 2.28 bits per heavy atom. The molecule has 1 aromatic heterocycles. The number of rotatable bonds is 5. The Bertz CT molecular complexity index is 468. The van der Waals surface area contributed by atoms with Crippen LogP contribution in [0.2, 0.25) is 0 Å². The minimum Gasteiger partial charge on any atom is -0.480 e. The van der Waals surface area contributed by atoms with Crippen LogP contribution in [0.4, 0.5) is 0 Å². The van der Waals surface area contributed by atoms with Crippen molar-refractivity contribution in [3.8, 4) is 0 Å². The zero-order valence-corrected chi connectivity index (χ0v) is 12.3. The van der Waals surface area contributed by atoms with Gasteiger partial charge in [-0.3, -0.25) is 4.79 Å². The lowest BCUT2D eigenvalue weighted by molar-refractivity contribution is -0.140. The van der Waals surface area contributed by atoms with Gasteiger partial charge in [-0.1, -0.05) is 0 Å². The number of hydrogen-bond donors (Lipinski definition) is 2. The molecule has 5 nitrogen and oxygen atoms in total. The van der Waals surface area contributed by atoms with Crippen LogP contribution in [0.5, 0.6) is 0 Å². The standard InChI is InChI=1S/C11H13BrN2O3S/c1-6-3-4-13-10(9(6)12)18-5-8(11(16)17)14-7(2)15/h3-4,8H,5H2,1-2H3,(H,14,15)(H,16,17). The second kappa shape index (κ2) is 6.75. The van der Waals surface area contributed by atoms with E-state index in [0.29, 0.717) is 5.03 Å². The number of carbonyl (C=O) groups is 2. The van der Waals surface area contributed by atoms with Gasteiger partial charge in [-0.15, -0.1) is 11.8 Å². The molecule has 98 valence electrons. The molecule has 0 fully saturated rings. The van der Waals surface area contributed by atoms with Crippen LogP contribution in [0.25, 0.3) is 0 Å². The molecule has 2 N–H and O–H groups in total. The maximum atomic E-state index is 10.9. The number of aliphatic carboxylic acids is 1. The fourth-order valence-electron chi connectivity index (χ4n) is 1.20. The topological polar surface area (TPSA) is 79.3 Å². The molecule has 1 aromatic rings. The zero-order valence-electron chi connectivity index (χ0n) is 9.94. The van der Waals surface area contributed by atoms with E-state index in [2.05, 4.69) is 26.2 Å². The fourth-order valence-corrected chi connectivity index (χ4v) is 2.75. The van der Waals surface area contributed by atoms with Crippen molar-refractivity contribution in [2.45, 2.75) is 24.9 Å². The molecular formula is C11H13BrN2O3S. The Kier molecular flexibility index (Phi) is 5.61. The highest BCUT2D eigenvalue weighted by molar-refractivity contribution is 9.10. The van der Waals surface area contributed by atoms with Crippen molar-refractivity contribution in [3.63, 3.8) is 0 Å². The predicted molar refractivity (Wildman–Crippen MR) is 72.6 cm³/mol. The number of aromatic nitrogens is 1. The number of carboxylic acids is 1. The highest BCUT2D eigenvalue weighted by atomic mass is 79.9. The van der Waals surface area contributed by atoms with Crippen LogP contribution in [-0.4, -0.2) is 33.8 Å². The van der Waals surface area contributed by atoms with Gasteiger partial charge in [0.25, 0.3) is 0 Å². The number of hydrogen-bond acceptors (Lipinski definition) is 4. The number of carboxylic acid groups (broad SMARTS) is 1. The average Bonchev–Trinajstić information content (AvgIpc) is 2.28. The van der Waals surface area contributed by atoms with E-state index in [1.54, 1.807) is 6.20 Å². The van der Waals surface area contributed by atoms with Gasteiger partial charge in [-0.05, 0) is 34.5 Å². The molecule has 0 aliphatic heterocycles. The Hall–Kier alpha value is -1.08. The number of nitrogens with zero attached hydrogens (tertiary/aromatic N) is 1. The van der Waals surface area contributed by atoms with Gasteiger partial charge in [0, 0.05) is 18.9 Å². The maximum absolute atomic E-state index is 10.9. The summed E-state index contributed by atoms with van der Waals surface area (Å²) in [5.41, 5.74) is 1.03. The van der Waals surface area contributed by atoms with E-state index in [9.17, 15) is 9.59 Å². The van der Waals surface area contributed by atoms with Crippen molar-refractivity contribution >= 4 is 39.6 Å². The fraction of sp³-hybridized carbons (Fsp3) is 0.364. The van der Waals surface area contributed by atoms with Crippen LogP contribution in [0, 0.1) is 6.92 Å². The van der Waals surface area contributed by atoms with Crippen LogP contribution in [-0.2, 0) is 9.59 Å². The summed E-state index contributed by atoms with van der Waals surface area (Å²) >= 11 is 4.69. The van der Waals surface area contributed by atoms with Gasteiger partial charge < -0.3 is 10.4 Å². The lowest BCUT2D eigenvalue weighted by atomic mass is 10.3. The average molecular weight is 333 g/mol. The third kappa shape index (κ3) is 4.30. The number of carbonyl (C=O) groups excluding carboxylic acids is 1. The van der Waals surface area contributed by atoms with Gasteiger partial charge in [-0.25, -0.2) is 9.78 Å². The molecule has 0 aromatic carbocycles. The molecule has 1 atom stereocenters. The van der Waals surface area contributed by atoms with Crippen molar-refractivity contribution in [3.05, 3.63) is 22.3 Å². The van der Waals surface area contributed by atoms with Crippen LogP contribution < -0.4 is 5.32 Å². The van der Waals surface area contributed by atoms with E-state index in [-0.39, 0.29) is 11.7 Å². The van der Waals surface area contributed by atoms with Crippen molar-refractivity contribution in [2.24, 2.45) is 0 Å². The molecule has 1 heterocycles. The number of halogens is 1. The highest BCUT2D eigenvalue weighted by Gasteiger charge is 2.19. The maximum Gasteiger partial charge on any atom is 0.327 e. The zero-order chi connectivity index (χ0) is 13.7. The Morgan fingerprint density at radius 1 is 1.61 bits per heavy atom. The van der Waals surface area contributed by atoms with Gasteiger partial charge in [0.05, 0.1) is 4.47 Å². The van der Waals surface area contributed by atoms with Gasteiger partial charge >= 0.3 is 5.97 Å². The summed E-state index contributed by atoms with van der Waals surface area (Å²) in [7, 11) is 0. The number of thioether (sulfide) groups is 1. The van der Waals surface area contributed by atoms with E-state index in [1.807, 2.05) is 13.0 Å². The molecule has 0 bridgehead atoms. The van der Waals surface area contributed by atoms with Crippen LogP contribution in [0.3, 0.4) is 0 Å². The molecule has 0 radical (unpaired) electrons. The molecule has 7 heteroatoms. The first-order valence-electron chi connectivity index (χ1n) is 5.15. The molecule has 1 amide bonds. The van der Waals surface area contributed by atoms with Crippen molar-refractivity contribution in [2.75, 3.05) is 5.75 Å². The largest absolute Gasteiger partial charge is 0.480 e. The molecule has 18 heavy (non-hydrogen) atoms. The summed E-state index contributed by atoms with van der Waals surface area (Å²) in [6.45, 7) is 3.22. The van der Waals surface area contributed by atoms with E-state index >= 15 is 0 Å². The minimum atomic E-state index is -1.05. The van der Waals surface area contributed by atoms with Crippen molar-refractivity contribution in [1.29, 1.82) is 0 Å². The summed E-state index contributed by atoms with van der Waals surface area (Å²) in [5.74, 6) is -1.19. The van der Waals surface area contributed by atoms with Crippen LogP contribution in [0.1, 0.15) is 12.5 Å². The molecule has 0 saturated heterocycles. The Morgan fingerprint density at radius 3 is 2.83 bits per heavy atom.